The summed E-state index contributed by atoms with van der Waals surface area (Å²) in [6.45, 7) is 2.87. The fourth-order valence-electron chi connectivity index (χ4n) is 3.99. The van der Waals surface area contributed by atoms with Crippen LogP contribution in [-0.2, 0) is 11.3 Å². The average molecular weight is 387 g/mol. The van der Waals surface area contributed by atoms with E-state index < -0.39 is 0 Å². The molecular formula is C19H26N6OS. The molecule has 1 amide bonds. The number of likely N-dealkylation sites (tertiary alicyclic amines) is 1. The second-order valence-corrected chi connectivity index (χ2v) is 8.35. The van der Waals surface area contributed by atoms with Gasteiger partial charge in [-0.15, -0.1) is 5.10 Å². The van der Waals surface area contributed by atoms with E-state index in [-0.39, 0.29) is 11.9 Å². The topological polar surface area (TPSA) is 75.9 Å². The first-order valence-corrected chi connectivity index (χ1v) is 10.7. The maximum atomic E-state index is 12.4. The van der Waals surface area contributed by atoms with Crippen LogP contribution >= 0.6 is 11.8 Å². The number of nitrogens with zero attached hydrogens (tertiary/aromatic N) is 5. The van der Waals surface area contributed by atoms with Crippen molar-refractivity contribution in [2.75, 3.05) is 18.8 Å². The maximum Gasteiger partial charge on any atom is 0.230 e. The highest BCUT2D eigenvalue weighted by Crippen LogP contribution is 2.31. The fraction of sp³-hybridized carbons (Fsp3) is 0.579. The molecule has 1 saturated heterocycles. The Labute approximate surface area is 163 Å². The molecule has 4 rings (SSSR count). The van der Waals surface area contributed by atoms with Gasteiger partial charge in [-0.3, -0.25) is 9.69 Å². The highest BCUT2D eigenvalue weighted by Gasteiger charge is 2.25. The Balaban J connectivity index is 1.22. The van der Waals surface area contributed by atoms with Crippen LogP contribution < -0.4 is 5.32 Å². The van der Waals surface area contributed by atoms with Crippen molar-refractivity contribution in [2.24, 2.45) is 0 Å². The minimum absolute atomic E-state index is 0.0625. The molecule has 2 heterocycles. The quantitative estimate of drug-likeness (QED) is 0.736. The van der Waals surface area contributed by atoms with Crippen molar-refractivity contribution in [1.82, 2.24) is 30.4 Å². The van der Waals surface area contributed by atoms with Gasteiger partial charge in [0.2, 0.25) is 11.1 Å². The molecule has 27 heavy (non-hydrogen) atoms. The van der Waals surface area contributed by atoms with Crippen molar-refractivity contribution in [1.29, 1.82) is 0 Å². The van der Waals surface area contributed by atoms with Gasteiger partial charge in [-0.25, -0.2) is 4.68 Å². The molecule has 1 unspecified atom stereocenters. The van der Waals surface area contributed by atoms with Crippen LogP contribution in [0.2, 0.25) is 0 Å². The third-order valence-electron chi connectivity index (χ3n) is 5.35. The van der Waals surface area contributed by atoms with E-state index in [1.807, 2.05) is 10.7 Å². The van der Waals surface area contributed by atoms with E-state index in [9.17, 15) is 4.79 Å². The second kappa shape index (κ2) is 8.84. The van der Waals surface area contributed by atoms with Gasteiger partial charge in [0.15, 0.2) is 0 Å². The summed E-state index contributed by atoms with van der Waals surface area (Å²) in [7, 11) is 0. The number of nitrogens with one attached hydrogen (secondary N) is 1. The summed E-state index contributed by atoms with van der Waals surface area (Å²) in [6.07, 6.45) is 5.73. The molecular weight excluding hydrogens is 360 g/mol. The summed E-state index contributed by atoms with van der Waals surface area (Å²) < 4.78 is 1.90. The highest BCUT2D eigenvalue weighted by molar-refractivity contribution is 7.99. The van der Waals surface area contributed by atoms with E-state index in [0.717, 1.165) is 44.1 Å². The molecule has 2 aliphatic rings. The van der Waals surface area contributed by atoms with Gasteiger partial charge in [-0.1, -0.05) is 54.9 Å². The van der Waals surface area contributed by atoms with Crippen molar-refractivity contribution >= 4 is 17.7 Å². The van der Waals surface area contributed by atoms with E-state index in [1.54, 1.807) is 0 Å². The minimum atomic E-state index is 0.0625. The van der Waals surface area contributed by atoms with Gasteiger partial charge in [0.1, 0.15) is 0 Å². The molecule has 1 aromatic heterocycles. The average Bonchev–Trinajstić information content (AvgIpc) is 3.42. The lowest BCUT2D eigenvalue weighted by Crippen LogP contribution is -2.38. The van der Waals surface area contributed by atoms with E-state index in [0.29, 0.717) is 11.8 Å². The van der Waals surface area contributed by atoms with Crippen LogP contribution in [0.15, 0.2) is 35.5 Å². The van der Waals surface area contributed by atoms with Crippen LogP contribution in [0.1, 0.15) is 43.7 Å². The number of benzene rings is 1. The van der Waals surface area contributed by atoms with Gasteiger partial charge in [-0.2, -0.15) is 0 Å². The largest absolute Gasteiger partial charge is 0.351 e. The van der Waals surface area contributed by atoms with Crippen LogP contribution in [0, 0.1) is 0 Å². The van der Waals surface area contributed by atoms with Crippen LogP contribution in [0.4, 0.5) is 0 Å². The van der Waals surface area contributed by atoms with Crippen LogP contribution in [0.3, 0.4) is 0 Å². The van der Waals surface area contributed by atoms with Gasteiger partial charge in [0, 0.05) is 25.7 Å². The summed E-state index contributed by atoms with van der Waals surface area (Å²) in [5, 5.41) is 16.0. The SMILES string of the molecule is O=C(CSc1nnnn1C1CCCC1)NC1CCN(Cc2ccccc2)C1. The normalized spacial score (nSPS) is 21.0. The predicted octanol–water partition coefficient (Wildman–Crippen LogP) is 2.27. The Kier molecular flexibility index (Phi) is 6.03. The molecule has 144 valence electrons. The molecule has 7 nitrogen and oxygen atoms in total. The van der Waals surface area contributed by atoms with Gasteiger partial charge < -0.3 is 5.32 Å². The first-order valence-electron chi connectivity index (χ1n) is 9.74. The summed E-state index contributed by atoms with van der Waals surface area (Å²) >= 11 is 1.44. The highest BCUT2D eigenvalue weighted by atomic mass is 32.2. The summed E-state index contributed by atoms with van der Waals surface area (Å²) in [5.74, 6) is 0.426. The molecule has 8 heteroatoms. The van der Waals surface area contributed by atoms with Crippen molar-refractivity contribution in [3.63, 3.8) is 0 Å². The zero-order chi connectivity index (χ0) is 18.5. The molecule has 1 N–H and O–H groups in total. The van der Waals surface area contributed by atoms with E-state index in [2.05, 4.69) is 50.0 Å². The zero-order valence-electron chi connectivity index (χ0n) is 15.5. The van der Waals surface area contributed by atoms with Gasteiger partial charge >= 0.3 is 0 Å². The van der Waals surface area contributed by atoms with Crippen LogP contribution in [-0.4, -0.2) is 55.9 Å². The van der Waals surface area contributed by atoms with E-state index >= 15 is 0 Å². The number of thioether (sulfide) groups is 1. The standard InChI is InChI=1S/C19H26N6OS/c26-18(14-27-19-21-22-23-25(19)17-8-4-5-9-17)20-16-10-11-24(13-16)12-15-6-2-1-3-7-15/h1-3,6-7,16-17H,4-5,8-14H2,(H,20,26). The van der Waals surface area contributed by atoms with E-state index in [1.165, 1.54) is 30.2 Å². The third-order valence-corrected chi connectivity index (χ3v) is 6.29. The lowest BCUT2D eigenvalue weighted by molar-refractivity contribution is -0.119. The number of tetrazole rings is 1. The first kappa shape index (κ1) is 18.4. The van der Waals surface area contributed by atoms with Crippen molar-refractivity contribution in [3.05, 3.63) is 35.9 Å². The summed E-state index contributed by atoms with van der Waals surface area (Å²) in [5.41, 5.74) is 1.32. The molecule has 2 fully saturated rings. The Hall–Kier alpha value is -1.93. The molecule has 1 aliphatic carbocycles. The van der Waals surface area contributed by atoms with Gasteiger partial charge in [0.25, 0.3) is 0 Å². The Morgan fingerprint density at radius 2 is 2.00 bits per heavy atom. The molecule has 0 spiro atoms. The molecule has 0 bridgehead atoms. The number of hydrogen-bond donors (Lipinski definition) is 1. The Morgan fingerprint density at radius 1 is 1.19 bits per heavy atom. The Bertz CT molecular complexity index is 746. The van der Waals surface area contributed by atoms with Gasteiger partial charge in [-0.05, 0) is 35.3 Å². The van der Waals surface area contributed by atoms with Crippen LogP contribution in [0.25, 0.3) is 0 Å². The van der Waals surface area contributed by atoms with Crippen LogP contribution in [0.5, 0.6) is 0 Å². The number of aromatic nitrogens is 4. The number of carbonyl (C=O) groups is 1. The second-order valence-electron chi connectivity index (χ2n) is 7.41. The predicted molar refractivity (Wildman–Crippen MR) is 104 cm³/mol. The number of hydrogen-bond acceptors (Lipinski definition) is 6. The lowest BCUT2D eigenvalue weighted by Gasteiger charge is -2.17. The van der Waals surface area contributed by atoms with E-state index in [4.69, 9.17) is 0 Å². The summed E-state index contributed by atoms with van der Waals surface area (Å²) in [4.78, 5) is 14.8. The summed E-state index contributed by atoms with van der Waals surface area (Å²) in [6, 6.07) is 11.1. The molecule has 1 atom stereocenters. The Morgan fingerprint density at radius 3 is 2.81 bits per heavy atom. The number of rotatable bonds is 7. The molecule has 1 aliphatic heterocycles. The van der Waals surface area contributed by atoms with Crippen molar-refractivity contribution < 1.29 is 4.79 Å². The van der Waals surface area contributed by atoms with Crippen molar-refractivity contribution in [3.8, 4) is 0 Å². The first-order chi connectivity index (χ1) is 13.3. The smallest absolute Gasteiger partial charge is 0.230 e. The van der Waals surface area contributed by atoms with Crippen molar-refractivity contribution in [2.45, 2.75) is 55.9 Å². The maximum absolute atomic E-state index is 12.4. The lowest BCUT2D eigenvalue weighted by atomic mass is 10.2. The third kappa shape index (κ3) is 4.87. The zero-order valence-corrected chi connectivity index (χ0v) is 16.3. The minimum Gasteiger partial charge on any atom is -0.351 e. The molecule has 0 radical (unpaired) electrons. The number of carbonyl (C=O) groups excluding carboxylic acids is 1. The molecule has 1 saturated carbocycles. The van der Waals surface area contributed by atoms with Gasteiger partial charge in [0.05, 0.1) is 11.8 Å². The molecule has 1 aromatic carbocycles. The monoisotopic (exact) mass is 386 g/mol. The fourth-order valence-corrected chi connectivity index (χ4v) is 4.75. The number of amides is 1. The molecule has 2 aromatic rings.